The van der Waals surface area contributed by atoms with Crippen LogP contribution in [0.4, 0.5) is 4.79 Å². The van der Waals surface area contributed by atoms with E-state index in [9.17, 15) is 9.90 Å². The lowest BCUT2D eigenvalue weighted by molar-refractivity contribution is 0.0251. The zero-order chi connectivity index (χ0) is 12.7. The third kappa shape index (κ3) is 2.41. The normalized spacial score (nSPS) is 32.7. The highest BCUT2D eigenvalue weighted by Crippen LogP contribution is 2.48. The first-order valence-electron chi connectivity index (χ1n) is 6.45. The highest BCUT2D eigenvalue weighted by molar-refractivity contribution is 5.68. The third-order valence-electron chi connectivity index (χ3n) is 4.01. The molecule has 4 nitrogen and oxygen atoms in total. The molecule has 0 bridgehead atoms. The van der Waals surface area contributed by atoms with Gasteiger partial charge in [0.1, 0.15) is 5.60 Å². The summed E-state index contributed by atoms with van der Waals surface area (Å²) < 4.78 is 5.38. The van der Waals surface area contributed by atoms with Crippen molar-refractivity contribution in [3.8, 4) is 0 Å². The fourth-order valence-electron chi connectivity index (χ4n) is 3.14. The van der Waals surface area contributed by atoms with Crippen molar-refractivity contribution in [3.63, 3.8) is 0 Å². The minimum absolute atomic E-state index is 0.0447. The number of rotatable bonds is 1. The van der Waals surface area contributed by atoms with Gasteiger partial charge < -0.3 is 14.7 Å². The number of likely N-dealkylation sites (tertiary alicyclic amines) is 1. The molecule has 0 aromatic heterocycles. The second-order valence-electron chi connectivity index (χ2n) is 6.47. The molecule has 0 aromatic rings. The maximum absolute atomic E-state index is 12.0. The molecule has 1 aliphatic heterocycles. The van der Waals surface area contributed by atoms with Gasteiger partial charge in [-0.3, -0.25) is 0 Å². The molecule has 0 spiro atoms. The molecule has 1 unspecified atom stereocenters. The van der Waals surface area contributed by atoms with Gasteiger partial charge in [0.05, 0.1) is 6.61 Å². The summed E-state index contributed by atoms with van der Waals surface area (Å²) in [6.45, 7) is 7.23. The lowest BCUT2D eigenvalue weighted by Gasteiger charge is -2.27. The van der Waals surface area contributed by atoms with E-state index >= 15 is 0 Å². The molecule has 1 heterocycles. The molecular weight excluding hydrogens is 218 g/mol. The van der Waals surface area contributed by atoms with E-state index in [1.165, 1.54) is 6.42 Å². The number of ether oxygens (including phenoxy) is 1. The summed E-state index contributed by atoms with van der Waals surface area (Å²) in [7, 11) is 0. The van der Waals surface area contributed by atoms with E-state index in [1.807, 2.05) is 20.8 Å². The number of aliphatic hydroxyl groups excluding tert-OH is 1. The molecule has 1 N–H and O–H groups in total. The lowest BCUT2D eigenvalue weighted by Crippen LogP contribution is -2.37. The molecule has 4 heteroatoms. The van der Waals surface area contributed by atoms with Crippen LogP contribution in [0.1, 0.15) is 40.0 Å². The van der Waals surface area contributed by atoms with Crippen LogP contribution in [0.3, 0.4) is 0 Å². The van der Waals surface area contributed by atoms with Crippen LogP contribution >= 0.6 is 0 Å². The molecule has 17 heavy (non-hydrogen) atoms. The van der Waals surface area contributed by atoms with Crippen molar-refractivity contribution in [1.29, 1.82) is 0 Å². The van der Waals surface area contributed by atoms with E-state index in [0.717, 1.165) is 19.4 Å². The minimum atomic E-state index is -0.443. The molecular formula is C13H23NO3. The topological polar surface area (TPSA) is 49.8 Å². The van der Waals surface area contributed by atoms with E-state index in [-0.39, 0.29) is 18.1 Å². The molecule has 1 saturated carbocycles. The Hall–Kier alpha value is -0.770. The van der Waals surface area contributed by atoms with Gasteiger partial charge in [-0.2, -0.15) is 0 Å². The zero-order valence-electron chi connectivity index (χ0n) is 11.0. The number of nitrogens with zero attached hydrogens (tertiary/aromatic N) is 1. The van der Waals surface area contributed by atoms with Gasteiger partial charge in [0.25, 0.3) is 0 Å². The number of hydrogen-bond donors (Lipinski definition) is 1. The third-order valence-corrected chi connectivity index (χ3v) is 4.01. The summed E-state index contributed by atoms with van der Waals surface area (Å²) in [6.07, 6.45) is 3.10. The van der Waals surface area contributed by atoms with Crippen molar-refractivity contribution in [2.75, 3.05) is 19.7 Å². The molecule has 2 aliphatic rings. The fraction of sp³-hybridized carbons (Fsp3) is 0.923. The summed E-state index contributed by atoms with van der Waals surface area (Å²) in [5.74, 6) is 0.458. The van der Waals surface area contributed by atoms with Crippen LogP contribution in [0.5, 0.6) is 0 Å². The van der Waals surface area contributed by atoms with E-state index in [2.05, 4.69) is 0 Å². The Kier molecular flexibility index (Phi) is 3.10. The van der Waals surface area contributed by atoms with Gasteiger partial charge >= 0.3 is 6.09 Å². The number of aliphatic hydroxyl groups is 1. The van der Waals surface area contributed by atoms with Crippen molar-refractivity contribution < 1.29 is 14.6 Å². The van der Waals surface area contributed by atoms with Crippen LogP contribution in [0.25, 0.3) is 0 Å². The zero-order valence-corrected chi connectivity index (χ0v) is 11.0. The summed E-state index contributed by atoms with van der Waals surface area (Å²) in [5, 5.41) is 9.58. The van der Waals surface area contributed by atoms with Crippen molar-refractivity contribution >= 4 is 6.09 Å². The molecule has 2 rings (SSSR count). The number of carbonyl (C=O) groups is 1. The van der Waals surface area contributed by atoms with E-state index in [4.69, 9.17) is 4.74 Å². The maximum atomic E-state index is 12.0. The van der Waals surface area contributed by atoms with Crippen molar-refractivity contribution in [2.45, 2.75) is 45.6 Å². The van der Waals surface area contributed by atoms with Crippen LogP contribution in [0, 0.1) is 11.3 Å². The minimum Gasteiger partial charge on any atom is -0.444 e. The van der Waals surface area contributed by atoms with Gasteiger partial charge in [-0.15, -0.1) is 0 Å². The Morgan fingerprint density at radius 2 is 2.24 bits per heavy atom. The van der Waals surface area contributed by atoms with Gasteiger partial charge in [0.15, 0.2) is 0 Å². The Morgan fingerprint density at radius 3 is 2.76 bits per heavy atom. The van der Waals surface area contributed by atoms with Gasteiger partial charge in [0.2, 0.25) is 0 Å². The number of amides is 1. The summed E-state index contributed by atoms with van der Waals surface area (Å²) >= 11 is 0. The standard InChI is InChI=1S/C13H23NO3/c1-12(2,3)17-11(16)14-7-10-5-4-6-13(10,8-14)9-15/h10,15H,4-9H2,1-3H3/t10?,13-/m1/s1. The van der Waals surface area contributed by atoms with Crippen LogP contribution in [0.15, 0.2) is 0 Å². The number of carbonyl (C=O) groups excluding carboxylic acids is 1. The largest absolute Gasteiger partial charge is 0.444 e. The molecule has 0 aromatic carbocycles. The van der Waals surface area contributed by atoms with Gasteiger partial charge in [0, 0.05) is 18.5 Å². The Bertz CT molecular complexity index is 310. The first-order chi connectivity index (χ1) is 7.86. The fourth-order valence-corrected chi connectivity index (χ4v) is 3.14. The lowest BCUT2D eigenvalue weighted by atomic mass is 9.82. The van der Waals surface area contributed by atoms with Crippen molar-refractivity contribution in [2.24, 2.45) is 11.3 Å². The molecule has 1 amide bonds. The molecule has 1 aliphatic carbocycles. The second kappa shape index (κ2) is 4.16. The average Bonchev–Trinajstić information content (AvgIpc) is 2.70. The van der Waals surface area contributed by atoms with Crippen LogP contribution in [-0.2, 0) is 4.74 Å². The Labute approximate surface area is 103 Å². The van der Waals surface area contributed by atoms with Crippen LogP contribution in [-0.4, -0.2) is 41.4 Å². The summed E-state index contributed by atoms with van der Waals surface area (Å²) in [5.41, 5.74) is -0.488. The number of hydrogen-bond acceptors (Lipinski definition) is 3. The summed E-state index contributed by atoms with van der Waals surface area (Å²) in [4.78, 5) is 13.7. The predicted molar refractivity (Wildman–Crippen MR) is 64.7 cm³/mol. The van der Waals surface area contributed by atoms with Crippen LogP contribution < -0.4 is 0 Å². The molecule has 1 saturated heterocycles. The first kappa shape index (κ1) is 12.7. The summed E-state index contributed by atoms with van der Waals surface area (Å²) in [6, 6.07) is 0. The van der Waals surface area contributed by atoms with E-state index < -0.39 is 5.60 Å². The maximum Gasteiger partial charge on any atom is 0.410 e. The highest BCUT2D eigenvalue weighted by atomic mass is 16.6. The van der Waals surface area contributed by atoms with E-state index in [1.54, 1.807) is 4.90 Å². The molecule has 2 fully saturated rings. The Morgan fingerprint density at radius 1 is 1.53 bits per heavy atom. The molecule has 2 atom stereocenters. The monoisotopic (exact) mass is 241 g/mol. The van der Waals surface area contributed by atoms with Crippen molar-refractivity contribution in [1.82, 2.24) is 4.90 Å². The molecule has 98 valence electrons. The Balaban J connectivity index is 2.00. The van der Waals surface area contributed by atoms with Gasteiger partial charge in [-0.25, -0.2) is 4.79 Å². The second-order valence-corrected chi connectivity index (χ2v) is 6.47. The van der Waals surface area contributed by atoms with Gasteiger partial charge in [-0.05, 0) is 39.5 Å². The number of fused-ring (bicyclic) bond motifs is 1. The smallest absolute Gasteiger partial charge is 0.410 e. The molecule has 0 radical (unpaired) electrons. The average molecular weight is 241 g/mol. The van der Waals surface area contributed by atoms with E-state index in [0.29, 0.717) is 12.5 Å². The first-order valence-corrected chi connectivity index (χ1v) is 6.45. The van der Waals surface area contributed by atoms with Gasteiger partial charge in [-0.1, -0.05) is 6.42 Å². The quantitative estimate of drug-likeness (QED) is 0.764. The van der Waals surface area contributed by atoms with Crippen molar-refractivity contribution in [3.05, 3.63) is 0 Å². The highest BCUT2D eigenvalue weighted by Gasteiger charge is 2.50. The predicted octanol–water partition coefficient (Wildman–Crippen LogP) is 2.02. The van der Waals surface area contributed by atoms with Crippen LogP contribution in [0.2, 0.25) is 0 Å². The SMILES string of the molecule is CC(C)(C)OC(=O)N1CC2CCC[C@]2(CO)C1.